The van der Waals surface area contributed by atoms with Gasteiger partial charge in [-0.15, -0.1) is 5.06 Å². The van der Waals surface area contributed by atoms with Crippen LogP contribution < -0.4 is 10.6 Å². The van der Waals surface area contributed by atoms with E-state index in [0.717, 1.165) is 41.6 Å². The number of nitrogens with two attached hydrogens (primary N) is 1. The summed E-state index contributed by atoms with van der Waals surface area (Å²) in [4.78, 5) is 10.5. The average Bonchev–Trinajstić information content (AvgIpc) is 2.54. The molecule has 3 rings (SSSR count). The Morgan fingerprint density at radius 3 is 2.52 bits per heavy atom. The summed E-state index contributed by atoms with van der Waals surface area (Å²) < 4.78 is 0. The van der Waals surface area contributed by atoms with E-state index in [2.05, 4.69) is 36.9 Å². The molecule has 0 bridgehead atoms. The summed E-state index contributed by atoms with van der Waals surface area (Å²) in [5.41, 5.74) is 10.2. The third-order valence-electron chi connectivity index (χ3n) is 4.75. The highest BCUT2D eigenvalue weighted by Gasteiger charge is 2.18. The Bertz CT molecular complexity index is 691. The van der Waals surface area contributed by atoms with Crippen LogP contribution in [0.3, 0.4) is 0 Å². The fraction of sp³-hybridized carbons (Fsp3) is 0.421. The maximum Gasteiger partial charge on any atom is 0.150 e. The zero-order chi connectivity index (χ0) is 16.4. The van der Waals surface area contributed by atoms with Gasteiger partial charge < -0.3 is 10.6 Å². The van der Waals surface area contributed by atoms with Gasteiger partial charge in [-0.05, 0) is 68.0 Å². The molecular formula is C19H25N3O. The highest BCUT2D eigenvalue weighted by atomic mass is 16.7. The zero-order valence-electron chi connectivity index (χ0n) is 14.2. The smallest absolute Gasteiger partial charge is 0.150 e. The van der Waals surface area contributed by atoms with Gasteiger partial charge in [0.2, 0.25) is 0 Å². The minimum atomic E-state index is 0.544. The van der Waals surface area contributed by atoms with Crippen molar-refractivity contribution in [1.82, 2.24) is 10.0 Å². The second-order valence-electron chi connectivity index (χ2n) is 6.51. The lowest BCUT2D eigenvalue weighted by Gasteiger charge is -2.30. The summed E-state index contributed by atoms with van der Waals surface area (Å²) in [7, 11) is 0. The molecule has 1 fully saturated rings. The molecule has 0 unspecified atom stereocenters. The van der Waals surface area contributed by atoms with E-state index in [4.69, 9.17) is 10.6 Å². The predicted molar refractivity (Wildman–Crippen MR) is 94.2 cm³/mol. The number of piperidine rings is 1. The Hall–Kier alpha value is -2.07. The maximum absolute atomic E-state index is 6.12. The lowest BCUT2D eigenvalue weighted by atomic mass is 9.99. The summed E-state index contributed by atoms with van der Waals surface area (Å²) >= 11 is 0. The van der Waals surface area contributed by atoms with E-state index in [-0.39, 0.29) is 0 Å². The summed E-state index contributed by atoms with van der Waals surface area (Å²) in [5, 5.41) is 2.08. The molecule has 0 atom stereocenters. The summed E-state index contributed by atoms with van der Waals surface area (Å²) in [6, 6.07) is 9.85. The third-order valence-corrected chi connectivity index (χ3v) is 4.75. The van der Waals surface area contributed by atoms with Crippen LogP contribution in [-0.2, 0) is 0 Å². The van der Waals surface area contributed by atoms with Gasteiger partial charge in [0.25, 0.3) is 0 Å². The molecule has 0 spiro atoms. The second-order valence-corrected chi connectivity index (χ2v) is 6.51. The zero-order valence-corrected chi connectivity index (χ0v) is 14.2. The number of benzene rings is 1. The van der Waals surface area contributed by atoms with Crippen molar-refractivity contribution in [3.8, 4) is 17.0 Å². The van der Waals surface area contributed by atoms with Crippen molar-refractivity contribution < 1.29 is 4.84 Å². The van der Waals surface area contributed by atoms with Crippen molar-refractivity contribution >= 4 is 5.82 Å². The summed E-state index contributed by atoms with van der Waals surface area (Å²) in [6.45, 7) is 8.52. The Morgan fingerprint density at radius 1 is 1.09 bits per heavy atom. The molecule has 2 N–H and O–H groups in total. The van der Waals surface area contributed by atoms with Gasteiger partial charge >= 0.3 is 0 Å². The fourth-order valence-corrected chi connectivity index (χ4v) is 2.99. The van der Waals surface area contributed by atoms with Crippen molar-refractivity contribution in [2.45, 2.75) is 33.6 Å². The minimum absolute atomic E-state index is 0.544. The van der Waals surface area contributed by atoms with Crippen LogP contribution in [0.5, 0.6) is 5.75 Å². The molecule has 0 aliphatic carbocycles. The summed E-state index contributed by atoms with van der Waals surface area (Å²) in [6.07, 6.45) is 2.40. The lowest BCUT2D eigenvalue weighted by molar-refractivity contribution is -0.0807. The fourth-order valence-electron chi connectivity index (χ4n) is 2.99. The molecule has 2 aromatic rings. The molecule has 0 amide bonds. The monoisotopic (exact) mass is 311 g/mol. The van der Waals surface area contributed by atoms with Crippen LogP contribution in [0.1, 0.15) is 30.9 Å². The third kappa shape index (κ3) is 3.48. The Morgan fingerprint density at radius 2 is 1.83 bits per heavy atom. The first-order valence-corrected chi connectivity index (χ1v) is 8.30. The van der Waals surface area contributed by atoms with E-state index in [1.165, 1.54) is 18.4 Å². The molecule has 1 saturated heterocycles. The Balaban J connectivity index is 1.83. The van der Waals surface area contributed by atoms with E-state index < -0.39 is 0 Å². The first-order valence-electron chi connectivity index (χ1n) is 8.30. The molecule has 1 aromatic carbocycles. The normalized spacial score (nSPS) is 16.5. The number of rotatable bonds is 3. The van der Waals surface area contributed by atoms with Crippen molar-refractivity contribution in [3.63, 3.8) is 0 Å². The van der Waals surface area contributed by atoms with Crippen LogP contribution in [0, 0.1) is 19.8 Å². The van der Waals surface area contributed by atoms with Gasteiger partial charge in [0.1, 0.15) is 5.82 Å². The van der Waals surface area contributed by atoms with E-state index in [1.54, 1.807) is 6.07 Å². The van der Waals surface area contributed by atoms with Crippen LogP contribution in [-0.4, -0.2) is 23.1 Å². The number of aromatic nitrogens is 1. The number of pyridine rings is 1. The SMILES string of the molecule is Cc1c(ON2CCC(C)CC2)ccc(-c2cccc(N)n2)c1C. The number of nitrogen functional groups attached to an aromatic ring is 1. The van der Waals surface area contributed by atoms with Crippen LogP contribution in [0.2, 0.25) is 0 Å². The number of hydrogen-bond donors (Lipinski definition) is 1. The quantitative estimate of drug-likeness (QED) is 0.931. The van der Waals surface area contributed by atoms with Gasteiger partial charge in [-0.3, -0.25) is 0 Å². The molecule has 1 aliphatic rings. The Kier molecular flexibility index (Phi) is 4.53. The largest absolute Gasteiger partial charge is 0.406 e. The number of hydrogen-bond acceptors (Lipinski definition) is 4. The topological polar surface area (TPSA) is 51.4 Å². The molecule has 0 saturated carbocycles. The van der Waals surface area contributed by atoms with E-state index in [9.17, 15) is 0 Å². The molecule has 2 heterocycles. The average molecular weight is 311 g/mol. The van der Waals surface area contributed by atoms with Crippen molar-refractivity contribution in [2.24, 2.45) is 5.92 Å². The number of hydroxylamine groups is 2. The van der Waals surface area contributed by atoms with E-state index in [0.29, 0.717) is 5.82 Å². The van der Waals surface area contributed by atoms with Crippen LogP contribution in [0.4, 0.5) is 5.82 Å². The van der Waals surface area contributed by atoms with Gasteiger partial charge in [0.15, 0.2) is 5.75 Å². The highest BCUT2D eigenvalue weighted by molar-refractivity contribution is 5.68. The van der Waals surface area contributed by atoms with Crippen LogP contribution in [0.15, 0.2) is 30.3 Å². The standard InChI is InChI=1S/C19H25N3O/c1-13-9-11-22(12-10-13)23-18-8-7-16(14(2)15(18)3)17-5-4-6-19(20)21-17/h4-8,13H,9-12H2,1-3H3,(H2,20,21). The van der Waals surface area contributed by atoms with Crippen molar-refractivity contribution in [2.75, 3.05) is 18.8 Å². The first kappa shape index (κ1) is 15.8. The second kappa shape index (κ2) is 6.59. The van der Waals surface area contributed by atoms with Crippen molar-refractivity contribution in [1.29, 1.82) is 0 Å². The van der Waals surface area contributed by atoms with Gasteiger partial charge in [0.05, 0.1) is 5.69 Å². The van der Waals surface area contributed by atoms with Crippen LogP contribution >= 0.6 is 0 Å². The highest BCUT2D eigenvalue weighted by Crippen LogP contribution is 2.31. The molecule has 23 heavy (non-hydrogen) atoms. The van der Waals surface area contributed by atoms with Gasteiger partial charge in [-0.1, -0.05) is 13.0 Å². The number of anilines is 1. The van der Waals surface area contributed by atoms with Crippen LogP contribution in [0.25, 0.3) is 11.3 Å². The number of nitrogens with zero attached hydrogens (tertiary/aromatic N) is 2. The van der Waals surface area contributed by atoms with Gasteiger partial charge in [-0.2, -0.15) is 0 Å². The summed E-state index contributed by atoms with van der Waals surface area (Å²) in [5.74, 6) is 2.28. The van der Waals surface area contributed by atoms with Gasteiger partial charge in [-0.25, -0.2) is 4.98 Å². The van der Waals surface area contributed by atoms with E-state index >= 15 is 0 Å². The minimum Gasteiger partial charge on any atom is -0.406 e. The molecule has 0 radical (unpaired) electrons. The van der Waals surface area contributed by atoms with E-state index in [1.807, 2.05) is 18.2 Å². The predicted octanol–water partition coefficient (Wildman–Crippen LogP) is 3.97. The molecule has 4 nitrogen and oxygen atoms in total. The Labute approximate surface area is 138 Å². The lowest BCUT2D eigenvalue weighted by Crippen LogP contribution is -2.35. The molecule has 1 aliphatic heterocycles. The molecule has 122 valence electrons. The molecule has 4 heteroatoms. The molecule has 1 aromatic heterocycles. The van der Waals surface area contributed by atoms with Gasteiger partial charge in [0, 0.05) is 18.7 Å². The molecular weight excluding hydrogens is 286 g/mol. The maximum atomic E-state index is 6.12. The first-order chi connectivity index (χ1) is 11.0. The van der Waals surface area contributed by atoms with Crippen molar-refractivity contribution in [3.05, 3.63) is 41.5 Å².